The van der Waals surface area contributed by atoms with Crippen molar-refractivity contribution in [2.75, 3.05) is 40.0 Å². The van der Waals surface area contributed by atoms with E-state index in [1.165, 1.54) is 35.7 Å². The summed E-state index contributed by atoms with van der Waals surface area (Å²) in [5.41, 5.74) is 5.23. The van der Waals surface area contributed by atoms with Gasteiger partial charge in [-0.15, -0.1) is 0 Å². The summed E-state index contributed by atoms with van der Waals surface area (Å²) in [6.07, 6.45) is -2.70. The van der Waals surface area contributed by atoms with Gasteiger partial charge in [0, 0.05) is 13.1 Å². The first-order valence-corrected chi connectivity index (χ1v) is 16.3. The lowest BCUT2D eigenvalue weighted by Crippen LogP contribution is -2.52. The Morgan fingerprint density at radius 1 is 1.13 bits per heavy atom. The van der Waals surface area contributed by atoms with Crippen LogP contribution in [0.25, 0.3) is 0 Å². The number of aliphatic hydroxyl groups excluding tert-OH is 1. The van der Waals surface area contributed by atoms with Gasteiger partial charge in [0.25, 0.3) is 0 Å². The van der Waals surface area contributed by atoms with Gasteiger partial charge in [-0.2, -0.15) is 4.31 Å². The van der Waals surface area contributed by atoms with Crippen LogP contribution in [0.2, 0.25) is 0 Å². The van der Waals surface area contributed by atoms with E-state index in [4.69, 9.17) is 29.4 Å². The Balaban J connectivity index is 1.56. The average Bonchev–Trinajstić information content (AvgIpc) is 3.62. The second-order valence-electron chi connectivity index (χ2n) is 12.0. The van der Waals surface area contributed by atoms with Crippen LogP contribution in [0.15, 0.2) is 59.5 Å². The number of methoxy groups -OCH3 is 1. The first kappa shape index (κ1) is 34.4. The number of hydrogen-bond acceptors (Lipinski definition) is 10. The molecule has 4 rings (SSSR count). The Labute approximate surface area is 264 Å². The lowest BCUT2D eigenvalue weighted by Gasteiger charge is -2.35. The van der Waals surface area contributed by atoms with Gasteiger partial charge in [0.2, 0.25) is 10.0 Å². The van der Waals surface area contributed by atoms with Crippen molar-refractivity contribution < 1.29 is 46.8 Å². The number of ether oxygens (including phenoxy) is 5. The lowest BCUT2D eigenvalue weighted by molar-refractivity contribution is -0.0907. The summed E-state index contributed by atoms with van der Waals surface area (Å²) in [6, 6.07) is 14.3. The molecule has 13 nitrogen and oxygen atoms in total. The number of carbonyl (C=O) groups excluding carboxylic acids is 2. The van der Waals surface area contributed by atoms with Gasteiger partial charge in [0.1, 0.15) is 11.9 Å². The number of fused-ring (bicyclic) bond motifs is 1. The van der Waals surface area contributed by atoms with Crippen molar-refractivity contribution >= 4 is 22.2 Å². The molecule has 0 radical (unpaired) electrons. The number of nitrogens with zero attached hydrogens (tertiary/aromatic N) is 1. The van der Waals surface area contributed by atoms with E-state index in [1.807, 2.05) is 44.2 Å². The molecule has 2 aliphatic rings. The predicted octanol–water partition coefficient (Wildman–Crippen LogP) is 2.66. The second kappa shape index (κ2) is 15.2. The molecule has 0 saturated carbocycles. The number of alkyl carbamates (subject to hydrolysis) is 1. The van der Waals surface area contributed by atoms with E-state index in [9.17, 15) is 23.1 Å². The number of benzene rings is 2. The quantitative estimate of drug-likeness (QED) is 0.260. The summed E-state index contributed by atoms with van der Waals surface area (Å²) >= 11 is 0. The number of amides is 2. The molecule has 248 valence electrons. The zero-order valence-corrected chi connectivity index (χ0v) is 26.6. The minimum Gasteiger partial charge on any atom is -0.497 e. The van der Waals surface area contributed by atoms with E-state index in [0.717, 1.165) is 5.56 Å². The minimum atomic E-state index is -4.15. The molecule has 2 heterocycles. The number of hydrogen-bond donors (Lipinski definition) is 3. The zero-order valence-electron chi connectivity index (χ0n) is 25.8. The number of nitrogens with two attached hydrogens (primary N) is 1. The second-order valence-corrected chi connectivity index (χ2v) is 14.0. The molecule has 2 saturated heterocycles. The maximum atomic E-state index is 14.0. The fourth-order valence-corrected chi connectivity index (χ4v) is 7.13. The summed E-state index contributed by atoms with van der Waals surface area (Å²) in [5.74, 6) is 0.414. The number of rotatable bonds is 15. The standard InChI is InChI=1S/C31H43N3O10S/c1-31(2,14-16-42-29(32)36)20-34(45(38,39)23-11-9-22(40-3)10-12-23)18-26(35)25(17-21-7-5-4-6-8-21)33-30(37)44-27-19-43-28-24(27)13-15-41-28/h4-12,24-28,35H,13-20H2,1-3H3,(H2,32,36)(H,33,37)/t24?,25-,26?,27?,28?/m0/s1. The van der Waals surface area contributed by atoms with Gasteiger partial charge in [-0.3, -0.25) is 0 Å². The van der Waals surface area contributed by atoms with Crippen molar-refractivity contribution in [3.8, 4) is 5.75 Å². The molecular formula is C31H43N3O10S. The van der Waals surface area contributed by atoms with Crippen molar-refractivity contribution in [2.24, 2.45) is 17.1 Å². The Hall–Kier alpha value is -3.43. The molecule has 2 aromatic carbocycles. The summed E-state index contributed by atoms with van der Waals surface area (Å²) in [5, 5.41) is 14.4. The van der Waals surface area contributed by atoms with Crippen molar-refractivity contribution in [2.45, 2.75) is 62.5 Å². The Morgan fingerprint density at radius 2 is 1.84 bits per heavy atom. The highest BCUT2D eigenvalue weighted by Gasteiger charge is 2.44. The number of nitrogens with one attached hydrogen (secondary N) is 1. The van der Waals surface area contributed by atoms with Crippen LogP contribution in [-0.2, 0) is 35.4 Å². The molecule has 45 heavy (non-hydrogen) atoms. The van der Waals surface area contributed by atoms with Crippen LogP contribution in [0.5, 0.6) is 5.75 Å². The minimum absolute atomic E-state index is 0.00114. The van der Waals surface area contributed by atoms with Crippen LogP contribution in [0.3, 0.4) is 0 Å². The van der Waals surface area contributed by atoms with Gasteiger partial charge in [0.05, 0.1) is 49.9 Å². The van der Waals surface area contributed by atoms with Crippen LogP contribution in [0.1, 0.15) is 32.3 Å². The van der Waals surface area contributed by atoms with Crippen molar-refractivity contribution in [1.29, 1.82) is 0 Å². The highest BCUT2D eigenvalue weighted by molar-refractivity contribution is 7.89. The van der Waals surface area contributed by atoms with E-state index in [1.54, 1.807) is 0 Å². The maximum absolute atomic E-state index is 14.0. The van der Waals surface area contributed by atoms with E-state index in [0.29, 0.717) is 25.2 Å². The first-order chi connectivity index (χ1) is 21.4. The summed E-state index contributed by atoms with van der Waals surface area (Å²) < 4.78 is 56.0. The third-order valence-electron chi connectivity index (χ3n) is 8.03. The van der Waals surface area contributed by atoms with E-state index < -0.39 is 52.2 Å². The van der Waals surface area contributed by atoms with Crippen LogP contribution < -0.4 is 15.8 Å². The predicted molar refractivity (Wildman–Crippen MR) is 163 cm³/mol. The van der Waals surface area contributed by atoms with Crippen LogP contribution in [0, 0.1) is 11.3 Å². The fourth-order valence-electron chi connectivity index (χ4n) is 5.49. The molecule has 5 atom stereocenters. The highest BCUT2D eigenvalue weighted by Crippen LogP contribution is 2.33. The Kier molecular flexibility index (Phi) is 11.7. The molecule has 0 aromatic heterocycles. The normalized spacial score (nSPS) is 21.1. The summed E-state index contributed by atoms with van der Waals surface area (Å²) in [4.78, 5) is 24.2. The van der Waals surface area contributed by atoms with E-state index in [-0.39, 0.29) is 43.5 Å². The van der Waals surface area contributed by atoms with Gasteiger partial charge >= 0.3 is 12.2 Å². The molecule has 0 spiro atoms. The third-order valence-corrected chi connectivity index (χ3v) is 9.85. The van der Waals surface area contributed by atoms with Crippen molar-refractivity contribution in [1.82, 2.24) is 9.62 Å². The number of primary amides is 1. The molecule has 2 aromatic rings. The molecule has 2 fully saturated rings. The molecule has 2 amide bonds. The van der Waals surface area contributed by atoms with Gasteiger partial charge < -0.3 is 39.8 Å². The van der Waals surface area contributed by atoms with Crippen LogP contribution in [0.4, 0.5) is 9.59 Å². The van der Waals surface area contributed by atoms with Crippen LogP contribution >= 0.6 is 0 Å². The molecular weight excluding hydrogens is 606 g/mol. The van der Waals surface area contributed by atoms with Crippen molar-refractivity contribution in [3.63, 3.8) is 0 Å². The molecule has 0 bridgehead atoms. The maximum Gasteiger partial charge on any atom is 0.407 e. The largest absolute Gasteiger partial charge is 0.497 e. The first-order valence-electron chi connectivity index (χ1n) is 14.9. The number of sulfonamides is 1. The topological polar surface area (TPSA) is 176 Å². The lowest BCUT2D eigenvalue weighted by atomic mass is 9.89. The molecule has 4 unspecified atom stereocenters. The van der Waals surface area contributed by atoms with E-state index in [2.05, 4.69) is 5.32 Å². The van der Waals surface area contributed by atoms with Gasteiger partial charge in [-0.1, -0.05) is 44.2 Å². The molecule has 2 aliphatic heterocycles. The van der Waals surface area contributed by atoms with Gasteiger partial charge in [-0.05, 0) is 54.5 Å². The summed E-state index contributed by atoms with van der Waals surface area (Å²) in [7, 11) is -2.67. The van der Waals surface area contributed by atoms with Gasteiger partial charge in [-0.25, -0.2) is 18.0 Å². The summed E-state index contributed by atoms with van der Waals surface area (Å²) in [6.45, 7) is 3.97. The number of aliphatic hydroxyl groups is 1. The van der Waals surface area contributed by atoms with Gasteiger partial charge in [0.15, 0.2) is 6.29 Å². The molecule has 0 aliphatic carbocycles. The zero-order chi connectivity index (χ0) is 32.6. The number of carbonyl (C=O) groups is 2. The highest BCUT2D eigenvalue weighted by atomic mass is 32.2. The Morgan fingerprint density at radius 3 is 2.51 bits per heavy atom. The Bertz CT molecular complexity index is 1370. The molecule has 14 heteroatoms. The average molecular weight is 650 g/mol. The third kappa shape index (κ3) is 9.53. The fraction of sp³-hybridized carbons (Fsp3) is 0.548. The molecule has 4 N–H and O–H groups in total. The van der Waals surface area contributed by atoms with Crippen LogP contribution in [-0.4, -0.2) is 94.6 Å². The SMILES string of the molecule is COc1ccc(S(=O)(=O)N(CC(O)[C@H](Cc2ccccc2)NC(=O)OC2COC3OCCC23)CC(C)(C)CCOC(N)=O)cc1. The van der Waals surface area contributed by atoms with E-state index >= 15 is 0 Å². The monoisotopic (exact) mass is 649 g/mol. The smallest absolute Gasteiger partial charge is 0.407 e. The van der Waals surface area contributed by atoms with Crippen molar-refractivity contribution in [3.05, 3.63) is 60.2 Å².